The molecule has 0 aromatic heterocycles. The maximum absolute atomic E-state index is 12.8. The van der Waals surface area contributed by atoms with Crippen molar-refractivity contribution in [3.05, 3.63) is 42.5 Å². The van der Waals surface area contributed by atoms with E-state index in [0.29, 0.717) is 0 Å². The lowest BCUT2D eigenvalue weighted by Gasteiger charge is -2.37. The van der Waals surface area contributed by atoms with Crippen molar-refractivity contribution in [3.63, 3.8) is 0 Å². The Hall–Kier alpha value is -2.01. The zero-order valence-electron chi connectivity index (χ0n) is 20.6. The summed E-state index contributed by atoms with van der Waals surface area (Å²) < 4.78 is 42.9. The molecule has 1 saturated heterocycles. The molecule has 0 saturated carbocycles. The van der Waals surface area contributed by atoms with Crippen molar-refractivity contribution < 1.29 is 27.1 Å². The Morgan fingerprint density at radius 1 is 1.33 bits per heavy atom. The topological polar surface area (TPSA) is 103 Å². The smallest absolute Gasteiger partial charge is 0.344 e. The van der Waals surface area contributed by atoms with Crippen LogP contribution in [-0.4, -0.2) is 53.8 Å². The fraction of sp³-hybridized carbons (Fsp3) is 0.565. The van der Waals surface area contributed by atoms with E-state index < -0.39 is 36.0 Å². The number of aryl methyl sites for hydroxylation is 1. The van der Waals surface area contributed by atoms with Crippen molar-refractivity contribution in [1.29, 1.82) is 0 Å². The van der Waals surface area contributed by atoms with Crippen LogP contribution < -0.4 is 4.83 Å². The molecule has 1 aliphatic rings. The molecule has 1 fully saturated rings. The third-order valence-electron chi connectivity index (χ3n) is 6.27. The van der Waals surface area contributed by atoms with Gasteiger partial charge in [0.25, 0.3) is 10.0 Å². The molecule has 184 valence electrons. The third kappa shape index (κ3) is 6.11. The Morgan fingerprint density at radius 2 is 1.94 bits per heavy atom. The quantitative estimate of drug-likeness (QED) is 0.240. The predicted molar refractivity (Wildman–Crippen MR) is 131 cm³/mol. The van der Waals surface area contributed by atoms with Crippen molar-refractivity contribution >= 4 is 30.0 Å². The Bertz CT molecular complexity index is 999. The Labute approximate surface area is 198 Å². The van der Waals surface area contributed by atoms with E-state index in [1.165, 1.54) is 25.3 Å². The number of sulfonamides is 1. The normalized spacial score (nSPS) is 22.9. The Morgan fingerprint density at radius 3 is 2.45 bits per heavy atom. The summed E-state index contributed by atoms with van der Waals surface area (Å²) in [4.78, 5) is 15.1. The lowest BCUT2D eigenvalue weighted by Crippen LogP contribution is -2.47. The number of benzene rings is 1. The van der Waals surface area contributed by atoms with E-state index in [-0.39, 0.29) is 35.1 Å². The van der Waals surface area contributed by atoms with Gasteiger partial charge in [0.2, 0.25) is 5.60 Å². The molecule has 0 unspecified atom stereocenters. The van der Waals surface area contributed by atoms with Crippen molar-refractivity contribution in [1.82, 2.24) is 4.83 Å². The van der Waals surface area contributed by atoms with Gasteiger partial charge in [0.1, 0.15) is 0 Å². The van der Waals surface area contributed by atoms with Gasteiger partial charge >= 0.3 is 5.97 Å². The minimum absolute atomic E-state index is 0.00670. The highest BCUT2D eigenvalue weighted by atomic mass is 32.2. The summed E-state index contributed by atoms with van der Waals surface area (Å²) in [6, 6.07) is 6.39. The molecule has 0 amide bonds. The van der Waals surface area contributed by atoms with Crippen LogP contribution in [0.2, 0.25) is 18.1 Å². The van der Waals surface area contributed by atoms with Gasteiger partial charge in [0.15, 0.2) is 8.32 Å². The van der Waals surface area contributed by atoms with Gasteiger partial charge in [0, 0.05) is 12.8 Å². The molecule has 0 radical (unpaired) electrons. The van der Waals surface area contributed by atoms with Gasteiger partial charge in [-0.1, -0.05) is 44.5 Å². The number of methoxy groups -OCH3 is 1. The maximum Gasteiger partial charge on any atom is 0.344 e. The van der Waals surface area contributed by atoms with E-state index in [2.05, 4.69) is 50.4 Å². The van der Waals surface area contributed by atoms with Gasteiger partial charge in [-0.05, 0) is 37.2 Å². The first-order valence-corrected chi connectivity index (χ1v) is 15.2. The van der Waals surface area contributed by atoms with Crippen LogP contribution in [0.5, 0.6) is 0 Å². The second kappa shape index (κ2) is 10.1. The minimum Gasteiger partial charge on any atom is -0.467 e. The maximum atomic E-state index is 12.8. The van der Waals surface area contributed by atoms with Gasteiger partial charge in [-0.25, -0.2) is 9.63 Å². The van der Waals surface area contributed by atoms with E-state index in [1.807, 2.05) is 6.92 Å². The molecule has 1 aliphatic heterocycles. The van der Waals surface area contributed by atoms with Gasteiger partial charge in [-0.15, -0.1) is 6.58 Å². The van der Waals surface area contributed by atoms with E-state index >= 15 is 0 Å². The van der Waals surface area contributed by atoms with Crippen LogP contribution >= 0.6 is 0 Å². The first-order valence-electron chi connectivity index (χ1n) is 10.8. The lowest BCUT2D eigenvalue weighted by atomic mass is 9.93. The largest absolute Gasteiger partial charge is 0.467 e. The van der Waals surface area contributed by atoms with Gasteiger partial charge < -0.3 is 13.9 Å². The average molecular weight is 497 g/mol. The third-order valence-corrected chi connectivity index (χ3v) is 12.0. The number of rotatable bonds is 9. The summed E-state index contributed by atoms with van der Waals surface area (Å²) in [7, 11) is -4.74. The first-order chi connectivity index (χ1) is 15.2. The zero-order valence-corrected chi connectivity index (χ0v) is 22.4. The number of carbonyl (C=O) groups excluding carboxylic acids is 1. The molecule has 0 spiro atoms. The fourth-order valence-electron chi connectivity index (χ4n) is 3.19. The predicted octanol–water partition coefficient (Wildman–Crippen LogP) is 3.93. The van der Waals surface area contributed by atoms with Gasteiger partial charge in [-0.2, -0.15) is 13.5 Å². The average Bonchev–Trinajstić information content (AvgIpc) is 3.08. The number of hydrogen-bond acceptors (Lipinski definition) is 7. The number of hydrazone groups is 1. The molecule has 1 N–H and O–H groups in total. The number of hydrogen-bond donors (Lipinski definition) is 1. The number of nitrogens with zero attached hydrogens (tertiary/aromatic N) is 1. The first kappa shape index (κ1) is 27.2. The summed E-state index contributed by atoms with van der Waals surface area (Å²) in [5.41, 5.74) is -0.396. The molecule has 2 atom stereocenters. The fourth-order valence-corrected chi connectivity index (χ4v) is 5.06. The SMILES string of the molecule is C=CC[C@@]1(C(=O)OC)O[C@H](CO[Si](C)(C)C(C)(C)C)C/C1=N\NS(=O)(=O)c1ccc(C)cc1. The van der Waals surface area contributed by atoms with Crippen LogP contribution in [0.1, 0.15) is 39.2 Å². The van der Waals surface area contributed by atoms with Crippen molar-refractivity contribution in [3.8, 4) is 0 Å². The summed E-state index contributed by atoms with van der Waals surface area (Å²) in [6.45, 7) is 16.5. The molecular formula is C23H36N2O6SSi. The molecule has 1 aromatic rings. The van der Waals surface area contributed by atoms with Crippen LogP contribution in [0.15, 0.2) is 46.9 Å². The zero-order chi connectivity index (χ0) is 25.1. The van der Waals surface area contributed by atoms with E-state index in [9.17, 15) is 13.2 Å². The highest BCUT2D eigenvalue weighted by molar-refractivity contribution is 7.89. The van der Waals surface area contributed by atoms with Crippen molar-refractivity contribution in [2.45, 2.75) is 75.3 Å². The highest BCUT2D eigenvalue weighted by Gasteiger charge is 2.53. The number of carbonyl (C=O) groups is 1. The Balaban J connectivity index is 2.34. The summed E-state index contributed by atoms with van der Waals surface area (Å²) in [6.07, 6.45) is 1.34. The highest BCUT2D eigenvalue weighted by Crippen LogP contribution is 2.38. The number of ether oxygens (including phenoxy) is 2. The summed E-state index contributed by atoms with van der Waals surface area (Å²) in [5.74, 6) is -0.662. The standard InChI is InChI=1S/C23H36N2O6SSi/c1-9-14-23(21(26)29-6)20(15-18(31-23)16-30-33(7,8)22(3,4)5)24-25-32(27,28)19-12-10-17(2)11-13-19/h9-13,18,25H,1,14-16H2,2-8H3/b24-20+/t18-,23+/m0/s1. The molecule has 0 bridgehead atoms. The monoisotopic (exact) mass is 496 g/mol. The molecular weight excluding hydrogens is 460 g/mol. The molecule has 2 rings (SSSR count). The second-order valence-corrected chi connectivity index (χ2v) is 16.3. The minimum atomic E-state index is -3.93. The number of nitrogens with one attached hydrogen (secondary N) is 1. The van der Waals surface area contributed by atoms with Crippen LogP contribution in [0, 0.1) is 6.92 Å². The Kier molecular flexibility index (Phi) is 8.32. The van der Waals surface area contributed by atoms with Crippen molar-refractivity contribution in [2.75, 3.05) is 13.7 Å². The van der Waals surface area contributed by atoms with E-state index in [1.54, 1.807) is 12.1 Å². The molecule has 1 heterocycles. The molecule has 33 heavy (non-hydrogen) atoms. The van der Waals surface area contributed by atoms with Crippen LogP contribution in [0.4, 0.5) is 0 Å². The molecule has 8 nitrogen and oxygen atoms in total. The van der Waals surface area contributed by atoms with Crippen LogP contribution in [0.3, 0.4) is 0 Å². The molecule has 10 heteroatoms. The van der Waals surface area contributed by atoms with Crippen LogP contribution in [0.25, 0.3) is 0 Å². The van der Waals surface area contributed by atoms with E-state index in [4.69, 9.17) is 13.9 Å². The van der Waals surface area contributed by atoms with Gasteiger partial charge in [0.05, 0.1) is 30.4 Å². The molecule has 1 aromatic carbocycles. The lowest BCUT2D eigenvalue weighted by molar-refractivity contribution is -0.162. The van der Waals surface area contributed by atoms with Crippen molar-refractivity contribution in [2.24, 2.45) is 5.10 Å². The molecule has 0 aliphatic carbocycles. The van der Waals surface area contributed by atoms with E-state index in [0.717, 1.165) is 5.56 Å². The number of esters is 1. The van der Waals surface area contributed by atoms with Crippen LogP contribution in [-0.2, 0) is 28.7 Å². The second-order valence-electron chi connectivity index (χ2n) is 9.79. The van der Waals surface area contributed by atoms with Gasteiger partial charge in [-0.3, -0.25) is 0 Å². The summed E-state index contributed by atoms with van der Waals surface area (Å²) in [5, 5.41) is 4.15. The summed E-state index contributed by atoms with van der Waals surface area (Å²) >= 11 is 0.